The molecule has 1 aliphatic heterocycles. The number of carbonyl (C=O) groups excluding carboxylic acids is 1. The molecule has 1 amide bonds. The molecule has 0 radical (unpaired) electrons. The van der Waals surface area contributed by atoms with Gasteiger partial charge in [-0.15, -0.1) is 0 Å². The van der Waals surface area contributed by atoms with Crippen molar-refractivity contribution in [1.29, 1.82) is 0 Å². The van der Waals surface area contributed by atoms with Crippen LogP contribution in [0.1, 0.15) is 25.3 Å². The Kier molecular flexibility index (Phi) is 3.56. The standard InChI is InChI=1S/C16H22N2O/c1-12-9-15(12)16(19)17-14-7-8-18(11-14)10-13-5-3-2-4-6-13/h2-6,12,14-15H,7-11H2,1H3,(H,17,19)/t12-,14-,15-/m1/s1. The minimum Gasteiger partial charge on any atom is -0.352 e. The second-order valence-electron chi connectivity index (χ2n) is 6.03. The molecule has 102 valence electrons. The fourth-order valence-corrected chi connectivity index (χ4v) is 2.93. The fourth-order valence-electron chi connectivity index (χ4n) is 2.93. The first-order valence-corrected chi connectivity index (χ1v) is 7.29. The van der Waals surface area contributed by atoms with E-state index in [2.05, 4.69) is 41.4 Å². The molecular formula is C16H22N2O. The topological polar surface area (TPSA) is 32.3 Å². The van der Waals surface area contributed by atoms with Crippen molar-refractivity contribution in [2.45, 2.75) is 32.4 Å². The van der Waals surface area contributed by atoms with Crippen LogP contribution in [-0.4, -0.2) is 29.9 Å². The van der Waals surface area contributed by atoms with Crippen molar-refractivity contribution in [1.82, 2.24) is 10.2 Å². The van der Waals surface area contributed by atoms with Crippen LogP contribution in [0.3, 0.4) is 0 Å². The smallest absolute Gasteiger partial charge is 0.223 e. The van der Waals surface area contributed by atoms with Gasteiger partial charge in [-0.25, -0.2) is 0 Å². The van der Waals surface area contributed by atoms with Crippen molar-refractivity contribution in [3.8, 4) is 0 Å². The van der Waals surface area contributed by atoms with Gasteiger partial charge in [0.1, 0.15) is 0 Å². The maximum absolute atomic E-state index is 11.9. The van der Waals surface area contributed by atoms with E-state index in [0.29, 0.717) is 17.9 Å². The molecule has 1 heterocycles. The first-order chi connectivity index (χ1) is 9.22. The van der Waals surface area contributed by atoms with Crippen LogP contribution in [0.5, 0.6) is 0 Å². The molecule has 2 fully saturated rings. The number of carbonyl (C=O) groups is 1. The molecular weight excluding hydrogens is 236 g/mol. The Morgan fingerprint density at radius 3 is 2.79 bits per heavy atom. The Hall–Kier alpha value is -1.35. The largest absolute Gasteiger partial charge is 0.352 e. The van der Waals surface area contributed by atoms with Crippen LogP contribution in [0.4, 0.5) is 0 Å². The average Bonchev–Trinajstić information content (AvgIpc) is 2.99. The summed E-state index contributed by atoms with van der Waals surface area (Å²) in [4.78, 5) is 14.3. The number of benzene rings is 1. The first-order valence-electron chi connectivity index (χ1n) is 7.29. The SMILES string of the molecule is C[C@@H]1C[C@H]1C(=O)N[C@@H]1CCN(Cc2ccccc2)C1. The highest BCUT2D eigenvalue weighted by atomic mass is 16.2. The molecule has 1 N–H and O–H groups in total. The number of rotatable bonds is 4. The number of likely N-dealkylation sites (tertiary alicyclic amines) is 1. The Morgan fingerprint density at radius 1 is 1.37 bits per heavy atom. The van der Waals surface area contributed by atoms with E-state index in [-0.39, 0.29) is 5.91 Å². The molecule has 0 unspecified atom stereocenters. The summed E-state index contributed by atoms with van der Waals surface area (Å²) < 4.78 is 0. The van der Waals surface area contributed by atoms with Gasteiger partial charge in [-0.05, 0) is 24.3 Å². The lowest BCUT2D eigenvalue weighted by atomic mass is 10.2. The Morgan fingerprint density at radius 2 is 2.11 bits per heavy atom. The van der Waals surface area contributed by atoms with Crippen LogP contribution in [0.25, 0.3) is 0 Å². The van der Waals surface area contributed by atoms with Crippen molar-refractivity contribution in [2.75, 3.05) is 13.1 Å². The minimum atomic E-state index is 0.277. The Labute approximate surface area is 115 Å². The summed E-state index contributed by atoms with van der Waals surface area (Å²) in [6, 6.07) is 10.9. The number of nitrogens with zero attached hydrogens (tertiary/aromatic N) is 1. The Bertz CT molecular complexity index is 445. The van der Waals surface area contributed by atoms with Gasteiger partial charge in [-0.3, -0.25) is 9.69 Å². The lowest BCUT2D eigenvalue weighted by Crippen LogP contribution is -2.38. The predicted molar refractivity (Wildman–Crippen MR) is 75.5 cm³/mol. The molecule has 0 bridgehead atoms. The normalized spacial score (nSPS) is 30.3. The third-order valence-electron chi connectivity index (χ3n) is 4.31. The van der Waals surface area contributed by atoms with E-state index in [1.165, 1.54) is 5.56 Å². The van der Waals surface area contributed by atoms with Crippen molar-refractivity contribution in [3.63, 3.8) is 0 Å². The maximum Gasteiger partial charge on any atom is 0.223 e. The summed E-state index contributed by atoms with van der Waals surface area (Å²) in [7, 11) is 0. The maximum atomic E-state index is 11.9. The molecule has 1 saturated carbocycles. The zero-order valence-corrected chi connectivity index (χ0v) is 11.5. The highest BCUT2D eigenvalue weighted by Crippen LogP contribution is 2.37. The molecule has 19 heavy (non-hydrogen) atoms. The van der Waals surface area contributed by atoms with Gasteiger partial charge in [0.25, 0.3) is 0 Å². The number of hydrogen-bond acceptors (Lipinski definition) is 2. The van der Waals surface area contributed by atoms with Crippen LogP contribution in [0.15, 0.2) is 30.3 Å². The van der Waals surface area contributed by atoms with Crippen LogP contribution >= 0.6 is 0 Å². The van der Waals surface area contributed by atoms with Crippen LogP contribution < -0.4 is 5.32 Å². The van der Waals surface area contributed by atoms with Gasteiger partial charge in [0, 0.05) is 31.6 Å². The monoisotopic (exact) mass is 258 g/mol. The first kappa shape index (κ1) is 12.7. The van der Waals surface area contributed by atoms with Gasteiger partial charge in [-0.2, -0.15) is 0 Å². The van der Waals surface area contributed by atoms with Crippen molar-refractivity contribution in [3.05, 3.63) is 35.9 Å². The number of amides is 1. The summed E-state index contributed by atoms with van der Waals surface area (Å²) in [5.41, 5.74) is 1.35. The Balaban J connectivity index is 1.46. The molecule has 3 atom stereocenters. The molecule has 1 aliphatic carbocycles. The van der Waals surface area contributed by atoms with E-state index in [1.54, 1.807) is 0 Å². The lowest BCUT2D eigenvalue weighted by Gasteiger charge is -2.16. The summed E-state index contributed by atoms with van der Waals surface area (Å²) in [6.45, 7) is 5.22. The van der Waals surface area contributed by atoms with E-state index in [9.17, 15) is 4.79 Å². The van der Waals surface area contributed by atoms with Gasteiger partial charge in [0.2, 0.25) is 5.91 Å². The van der Waals surface area contributed by atoms with E-state index in [1.807, 2.05) is 6.07 Å². The quantitative estimate of drug-likeness (QED) is 0.896. The van der Waals surface area contributed by atoms with Gasteiger partial charge >= 0.3 is 0 Å². The molecule has 0 aromatic heterocycles. The summed E-state index contributed by atoms with van der Waals surface area (Å²) >= 11 is 0. The van der Waals surface area contributed by atoms with Gasteiger partial charge < -0.3 is 5.32 Å². The van der Waals surface area contributed by atoms with Crippen LogP contribution in [0, 0.1) is 11.8 Å². The van der Waals surface area contributed by atoms with Crippen molar-refractivity contribution < 1.29 is 4.79 Å². The van der Waals surface area contributed by atoms with E-state index in [4.69, 9.17) is 0 Å². The predicted octanol–water partition coefficient (Wildman–Crippen LogP) is 2.03. The second-order valence-corrected chi connectivity index (χ2v) is 6.03. The van der Waals surface area contributed by atoms with E-state index < -0.39 is 0 Å². The van der Waals surface area contributed by atoms with Gasteiger partial charge in [0.05, 0.1) is 0 Å². The summed E-state index contributed by atoms with van der Waals surface area (Å²) in [5, 5.41) is 3.21. The molecule has 3 nitrogen and oxygen atoms in total. The van der Waals surface area contributed by atoms with Gasteiger partial charge in [0.15, 0.2) is 0 Å². The molecule has 1 aromatic carbocycles. The zero-order chi connectivity index (χ0) is 13.2. The third-order valence-corrected chi connectivity index (χ3v) is 4.31. The van der Waals surface area contributed by atoms with Crippen LogP contribution in [-0.2, 0) is 11.3 Å². The molecule has 1 aromatic rings. The molecule has 1 saturated heterocycles. The third kappa shape index (κ3) is 3.16. The number of hydrogen-bond donors (Lipinski definition) is 1. The zero-order valence-electron chi connectivity index (χ0n) is 11.5. The molecule has 2 aliphatic rings. The summed E-state index contributed by atoms with van der Waals surface area (Å²) in [6.07, 6.45) is 2.16. The minimum absolute atomic E-state index is 0.277. The van der Waals surface area contributed by atoms with Crippen LogP contribution in [0.2, 0.25) is 0 Å². The average molecular weight is 258 g/mol. The molecule has 3 rings (SSSR count). The fraction of sp³-hybridized carbons (Fsp3) is 0.562. The van der Waals surface area contributed by atoms with Gasteiger partial charge in [-0.1, -0.05) is 37.3 Å². The van der Waals surface area contributed by atoms with Crippen molar-refractivity contribution in [2.24, 2.45) is 11.8 Å². The molecule has 0 spiro atoms. The molecule has 3 heteroatoms. The van der Waals surface area contributed by atoms with E-state index in [0.717, 1.165) is 32.5 Å². The van der Waals surface area contributed by atoms with Crippen molar-refractivity contribution >= 4 is 5.91 Å². The lowest BCUT2D eigenvalue weighted by molar-refractivity contribution is -0.123. The highest BCUT2D eigenvalue weighted by molar-refractivity contribution is 5.81. The summed E-state index contributed by atoms with van der Waals surface area (Å²) in [5.74, 6) is 1.17. The van der Waals surface area contributed by atoms with E-state index >= 15 is 0 Å². The second kappa shape index (κ2) is 5.33. The highest BCUT2D eigenvalue weighted by Gasteiger charge is 2.40. The number of nitrogens with one attached hydrogen (secondary N) is 1.